The van der Waals surface area contributed by atoms with Gasteiger partial charge in [0, 0.05) is 0 Å². The molecule has 0 amide bonds. The van der Waals surface area contributed by atoms with Crippen molar-refractivity contribution < 1.29 is 41.6 Å². The summed E-state index contributed by atoms with van der Waals surface area (Å²) < 4.78 is 80.2. The summed E-state index contributed by atoms with van der Waals surface area (Å²) >= 11 is 0. The van der Waals surface area contributed by atoms with Crippen molar-refractivity contribution in [1.82, 2.24) is 0 Å². The van der Waals surface area contributed by atoms with Crippen LogP contribution in [0.2, 0.25) is 0 Å². The molecule has 96 valence electrons. The Kier molecular flexibility index (Phi) is 24.3. The third-order valence-corrected chi connectivity index (χ3v) is 3.05. The van der Waals surface area contributed by atoms with Gasteiger partial charge in [0.2, 0.25) is 0 Å². The molecule has 10 nitrogen and oxygen atoms in total. The average molecular weight is 398 g/mol. The third kappa shape index (κ3) is 25.3. The summed E-state index contributed by atoms with van der Waals surface area (Å²) in [5, 5.41) is 0. The Hall–Kier alpha value is 4.03. The summed E-state index contributed by atoms with van der Waals surface area (Å²) in [5.74, 6) is 0. The molecule has 17 heavy (non-hydrogen) atoms. The van der Waals surface area contributed by atoms with E-state index >= 15 is 0 Å². The number of hydrogen-bond acceptors (Lipinski definition) is 8. The summed E-state index contributed by atoms with van der Waals surface area (Å²) in [7, 11) is -16.5. The van der Waals surface area contributed by atoms with E-state index in [0.717, 1.165) is 0 Å². The first kappa shape index (κ1) is 32.8. The zero-order valence-corrected chi connectivity index (χ0v) is 7.83. The van der Waals surface area contributed by atoms with E-state index in [2.05, 4.69) is 7.26 Å². The van der Waals surface area contributed by atoms with Gasteiger partial charge < -0.3 is 0 Å². The van der Waals surface area contributed by atoms with E-state index in [1.165, 1.54) is 0 Å². The van der Waals surface area contributed by atoms with Crippen LogP contribution >= 0.6 is 0 Å². The van der Waals surface area contributed by atoms with Gasteiger partial charge in [-0.2, -0.15) is 25.3 Å². The van der Waals surface area contributed by atoms with Crippen LogP contribution in [0.25, 0.3) is 0 Å². The predicted octanol–water partition coefficient (Wildman–Crippen LogP) is -5.79. The summed E-state index contributed by atoms with van der Waals surface area (Å²) in [6.07, 6.45) is 0. The molecular weight excluding hydrogens is 388 g/mol. The molecule has 0 aromatic carbocycles. The Labute approximate surface area is 205 Å². The van der Waals surface area contributed by atoms with Crippen molar-refractivity contribution in [3.05, 3.63) is 0 Å². The Morgan fingerprint density at radius 1 is 0.647 bits per heavy atom. The Morgan fingerprint density at radius 2 is 0.824 bits per heavy atom. The number of hydrogen-bond donors (Lipinski definition) is 2. The van der Waals surface area contributed by atoms with Gasteiger partial charge in [-0.25, -0.2) is 0 Å². The van der Waals surface area contributed by atoms with Crippen LogP contribution in [-0.2, 0) is 38.5 Å². The molecule has 0 aromatic rings. The van der Waals surface area contributed by atoms with E-state index in [-0.39, 0.29) is 137 Å². The van der Waals surface area contributed by atoms with Gasteiger partial charge in [0.05, 0.1) is 0 Å². The van der Waals surface area contributed by atoms with E-state index < -0.39 is 31.2 Å². The number of rotatable bonds is 4. The van der Waals surface area contributed by atoms with Gasteiger partial charge in [-0.1, -0.05) is 7.26 Å². The average Bonchev–Trinajstić information content (AvgIpc) is 1.43. The Bertz CT molecular complexity index is 432. The second-order valence-corrected chi connectivity index (χ2v) is 5.02. The van der Waals surface area contributed by atoms with E-state index in [1.54, 1.807) is 0 Å². The fourth-order valence-corrected chi connectivity index (χ4v) is 2.20. The summed E-state index contributed by atoms with van der Waals surface area (Å²) in [5.41, 5.74) is 0. The normalized spacial score (nSPS) is 10.9. The molecule has 0 rings (SSSR count). The van der Waals surface area contributed by atoms with Crippen molar-refractivity contribution >= 4 is 169 Å². The van der Waals surface area contributed by atoms with Gasteiger partial charge in [-0.3, -0.25) is 9.11 Å². The molecular formula is H10Al2K2O10S3. The van der Waals surface area contributed by atoms with Crippen LogP contribution < -0.4 is 0 Å². The van der Waals surface area contributed by atoms with Crippen molar-refractivity contribution in [2.45, 2.75) is 0 Å². The van der Waals surface area contributed by atoms with Crippen molar-refractivity contribution in [2.75, 3.05) is 0 Å². The van der Waals surface area contributed by atoms with Gasteiger partial charge in [0.25, 0.3) is 0 Å². The van der Waals surface area contributed by atoms with Crippen LogP contribution in [0, 0.1) is 0 Å². The molecule has 0 bridgehead atoms. The van der Waals surface area contributed by atoms with Crippen molar-refractivity contribution in [1.29, 1.82) is 0 Å². The molecule has 0 saturated heterocycles. The molecule has 0 fully saturated rings. The molecule has 0 heterocycles. The second kappa shape index (κ2) is 12.6. The zero-order valence-electron chi connectivity index (χ0n) is 5.39. The van der Waals surface area contributed by atoms with Gasteiger partial charge in [-0.15, -0.1) is 0 Å². The first-order valence-electron chi connectivity index (χ1n) is 2.03. The minimum atomic E-state index is -5.57. The molecule has 0 aromatic heterocycles. The minimum absolute atomic E-state index is 0. The van der Waals surface area contributed by atoms with Crippen LogP contribution in [-0.4, -0.2) is 172 Å². The van der Waals surface area contributed by atoms with Crippen molar-refractivity contribution in [2.24, 2.45) is 0 Å². The van der Waals surface area contributed by atoms with Crippen LogP contribution in [0.1, 0.15) is 0 Å². The molecule has 17 heteroatoms. The first-order valence-corrected chi connectivity index (χ1v) is 6.10. The van der Waals surface area contributed by atoms with E-state index in [4.69, 9.17) is 9.11 Å². The first-order chi connectivity index (χ1) is 5.41. The zero-order chi connectivity index (χ0) is 10.9. The van der Waals surface area contributed by atoms with Gasteiger partial charge >= 0.3 is 134 Å². The van der Waals surface area contributed by atoms with E-state index in [0.29, 0.717) is 0 Å². The molecule has 0 radical (unpaired) electrons. The van der Waals surface area contributed by atoms with Crippen LogP contribution in [0.4, 0.5) is 0 Å². The molecule has 0 aliphatic rings. The maximum absolute atomic E-state index is 10.1. The van der Waals surface area contributed by atoms with Gasteiger partial charge in [0.15, 0.2) is 34.7 Å². The summed E-state index contributed by atoms with van der Waals surface area (Å²) in [6.45, 7) is 0. The second-order valence-electron chi connectivity index (χ2n) is 1.40. The van der Waals surface area contributed by atoms with Crippen LogP contribution in [0.5, 0.6) is 0 Å². The van der Waals surface area contributed by atoms with Crippen molar-refractivity contribution in [3.8, 4) is 0 Å². The standard InChI is InChI=1S/2Al.2K.H2O10S3.8H/c;;;;1-11(2,3)9-13(7,8)10-12(4,5)6;;;;;;;;/h;;;;(H,1,2,3)(H,4,5,6);;;;;;;;. The maximum atomic E-state index is 10.1. The molecule has 0 aliphatic heterocycles. The SMILES string of the molecule is O=S(=O)(O)OS(=O)(=O)OS(=O)(=O)O.[AlH3].[AlH3].[KH].[KH]. The quantitative estimate of drug-likeness (QED) is 0.345. The molecule has 0 saturated carbocycles. The fraction of sp³-hybridized carbons (Fsp3) is 0. The summed E-state index contributed by atoms with van der Waals surface area (Å²) in [6, 6.07) is 0. The van der Waals surface area contributed by atoms with Crippen LogP contribution in [0.15, 0.2) is 0 Å². The fourth-order valence-electron chi connectivity index (χ4n) is 0.222. The molecule has 0 atom stereocenters. The third-order valence-electron chi connectivity index (χ3n) is 0.339. The topological polar surface area (TPSA) is 161 Å². The Morgan fingerprint density at radius 3 is 0.941 bits per heavy atom. The predicted molar refractivity (Wildman–Crippen MR) is 68.4 cm³/mol. The van der Waals surface area contributed by atoms with E-state index in [1.807, 2.05) is 0 Å². The molecule has 0 aliphatic carbocycles. The molecule has 0 unspecified atom stereocenters. The monoisotopic (exact) mass is 398 g/mol. The molecule has 2 N–H and O–H groups in total. The van der Waals surface area contributed by atoms with Gasteiger partial charge in [-0.05, 0) is 0 Å². The Balaban J connectivity index is -0.000000120. The summed E-state index contributed by atoms with van der Waals surface area (Å²) in [4.78, 5) is 0. The van der Waals surface area contributed by atoms with E-state index in [9.17, 15) is 25.3 Å². The molecule has 0 spiro atoms. The van der Waals surface area contributed by atoms with Gasteiger partial charge in [0.1, 0.15) is 0 Å². The van der Waals surface area contributed by atoms with Crippen molar-refractivity contribution in [3.63, 3.8) is 0 Å². The van der Waals surface area contributed by atoms with Crippen LogP contribution in [0.3, 0.4) is 0 Å².